The highest BCUT2D eigenvalue weighted by Gasteiger charge is 2.13. The smallest absolute Gasteiger partial charge is 0.164 e. The van der Waals surface area contributed by atoms with Crippen molar-refractivity contribution in [3.05, 3.63) is 78.3 Å². The van der Waals surface area contributed by atoms with E-state index in [0.29, 0.717) is 11.4 Å². The summed E-state index contributed by atoms with van der Waals surface area (Å²) in [6.45, 7) is 17.0. The summed E-state index contributed by atoms with van der Waals surface area (Å²) >= 11 is 5.74. The molecule has 0 aromatic carbocycles. The van der Waals surface area contributed by atoms with Crippen molar-refractivity contribution in [2.45, 2.75) is 59.3 Å². The third kappa shape index (κ3) is 9.56. The highest BCUT2D eigenvalue weighted by Crippen LogP contribution is 2.27. The fourth-order valence-electron chi connectivity index (χ4n) is 2.79. The Morgan fingerprint density at radius 2 is 1.78 bits per heavy atom. The van der Waals surface area contributed by atoms with Gasteiger partial charge < -0.3 is 5.32 Å². The Morgan fingerprint density at radius 1 is 1.12 bits per heavy atom. The van der Waals surface area contributed by atoms with Crippen molar-refractivity contribution in [2.24, 2.45) is 0 Å². The molecule has 0 atom stereocenters. The molecule has 6 heteroatoms. The topological polar surface area (TPSA) is 50.7 Å². The molecule has 0 saturated heterocycles. The standard InChI is InChI=1S/C18H16ClFN4.C8H18/c1-5-14-10-22-18(15(13(4)20)8-12(3)19)24-17(14)23-16-6-7-21-9-11(16)2;1-3-5-7-8-6-4-2/h5-10H,1,3-4H2,2H3,(H,21,22,23,24);3-8H2,1-2H3/b15-8+;. The largest absolute Gasteiger partial charge is 0.339 e. The summed E-state index contributed by atoms with van der Waals surface area (Å²) in [6, 6.07) is 1.81. The molecule has 0 bridgehead atoms. The molecule has 2 aromatic heterocycles. The van der Waals surface area contributed by atoms with Crippen molar-refractivity contribution in [1.82, 2.24) is 15.0 Å². The Hall–Kier alpha value is -2.79. The first-order chi connectivity index (χ1) is 15.3. The zero-order valence-corrected chi connectivity index (χ0v) is 20.2. The number of hydrogen-bond donors (Lipinski definition) is 1. The number of hydrogen-bond acceptors (Lipinski definition) is 4. The molecule has 172 valence electrons. The Bertz CT molecular complexity index is 931. The molecular weight excluding hydrogens is 423 g/mol. The van der Waals surface area contributed by atoms with Gasteiger partial charge in [0.2, 0.25) is 0 Å². The van der Waals surface area contributed by atoms with Gasteiger partial charge in [0.25, 0.3) is 0 Å². The Balaban J connectivity index is 0.000000547. The van der Waals surface area contributed by atoms with E-state index in [2.05, 4.69) is 53.9 Å². The minimum atomic E-state index is -0.700. The predicted molar refractivity (Wildman–Crippen MR) is 137 cm³/mol. The summed E-state index contributed by atoms with van der Waals surface area (Å²) in [7, 11) is 0. The lowest BCUT2D eigenvalue weighted by atomic mass is 10.1. The molecular formula is C26H34ClFN4. The average molecular weight is 457 g/mol. The maximum Gasteiger partial charge on any atom is 0.164 e. The van der Waals surface area contributed by atoms with Crippen molar-refractivity contribution < 1.29 is 4.39 Å². The molecule has 2 rings (SSSR count). The van der Waals surface area contributed by atoms with Crippen LogP contribution in [0.5, 0.6) is 0 Å². The molecule has 0 unspecified atom stereocenters. The van der Waals surface area contributed by atoms with Crippen molar-refractivity contribution in [3.8, 4) is 0 Å². The van der Waals surface area contributed by atoms with Crippen LogP contribution in [0.25, 0.3) is 11.6 Å². The van der Waals surface area contributed by atoms with Crippen molar-refractivity contribution >= 4 is 34.8 Å². The van der Waals surface area contributed by atoms with Crippen LogP contribution in [-0.2, 0) is 0 Å². The number of halogens is 2. The average Bonchev–Trinajstić information content (AvgIpc) is 2.77. The van der Waals surface area contributed by atoms with E-state index < -0.39 is 5.83 Å². The van der Waals surface area contributed by atoms with E-state index in [0.717, 1.165) is 11.3 Å². The highest BCUT2D eigenvalue weighted by atomic mass is 35.5. The van der Waals surface area contributed by atoms with Crippen LogP contribution >= 0.6 is 11.6 Å². The lowest BCUT2D eigenvalue weighted by molar-refractivity contribution is 0.624. The number of aromatic nitrogens is 3. The molecule has 0 aliphatic carbocycles. The lowest BCUT2D eigenvalue weighted by Gasteiger charge is -2.12. The number of nitrogens with zero attached hydrogens (tertiary/aromatic N) is 3. The first-order valence-corrected chi connectivity index (χ1v) is 11.3. The van der Waals surface area contributed by atoms with E-state index in [1.54, 1.807) is 24.7 Å². The number of allylic oxidation sites excluding steroid dienone is 4. The number of unbranched alkanes of at least 4 members (excludes halogenated alkanes) is 5. The maximum atomic E-state index is 13.7. The van der Waals surface area contributed by atoms with Gasteiger partial charge in [-0.25, -0.2) is 14.4 Å². The van der Waals surface area contributed by atoms with Crippen LogP contribution in [0.15, 0.2) is 61.3 Å². The molecule has 0 aliphatic heterocycles. The number of anilines is 2. The number of aryl methyl sites for hydroxylation is 1. The second kappa shape index (κ2) is 15.1. The van der Waals surface area contributed by atoms with Crippen molar-refractivity contribution in [3.63, 3.8) is 0 Å². The first-order valence-electron chi connectivity index (χ1n) is 10.9. The van der Waals surface area contributed by atoms with E-state index >= 15 is 0 Å². The van der Waals surface area contributed by atoms with Crippen LogP contribution in [0, 0.1) is 6.92 Å². The van der Waals surface area contributed by atoms with Gasteiger partial charge in [0.15, 0.2) is 5.82 Å². The van der Waals surface area contributed by atoms with Crippen molar-refractivity contribution in [2.75, 3.05) is 5.32 Å². The molecule has 0 fully saturated rings. The Morgan fingerprint density at radius 3 is 2.28 bits per heavy atom. The summed E-state index contributed by atoms with van der Waals surface area (Å²) < 4.78 is 13.7. The summed E-state index contributed by atoms with van der Waals surface area (Å²) in [5.41, 5.74) is 2.50. The Kier molecular flexibility index (Phi) is 12.8. The van der Waals surface area contributed by atoms with Crippen LogP contribution in [0.3, 0.4) is 0 Å². The second-order valence-electron chi connectivity index (χ2n) is 7.34. The molecule has 0 amide bonds. The molecule has 0 aliphatic rings. The Labute approximate surface area is 197 Å². The van der Waals surface area contributed by atoms with Gasteiger partial charge in [-0.3, -0.25) is 4.98 Å². The molecule has 1 N–H and O–H groups in total. The molecule has 0 saturated carbocycles. The number of rotatable bonds is 11. The molecule has 0 spiro atoms. The van der Waals surface area contributed by atoms with Gasteiger partial charge in [-0.15, -0.1) is 0 Å². The first kappa shape index (κ1) is 27.2. The van der Waals surface area contributed by atoms with Gasteiger partial charge in [0, 0.05) is 34.9 Å². The van der Waals surface area contributed by atoms with E-state index in [-0.39, 0.29) is 16.4 Å². The summed E-state index contributed by atoms with van der Waals surface area (Å²) in [5.74, 6) is -0.0741. The molecule has 2 aromatic rings. The number of nitrogens with one attached hydrogen (secondary N) is 1. The molecule has 4 nitrogen and oxygen atoms in total. The highest BCUT2D eigenvalue weighted by molar-refractivity contribution is 6.31. The summed E-state index contributed by atoms with van der Waals surface area (Å²) in [5, 5.41) is 3.33. The minimum absolute atomic E-state index is 0.0695. The summed E-state index contributed by atoms with van der Waals surface area (Å²) in [6.07, 6.45) is 16.4. The normalized spacial score (nSPS) is 10.7. The van der Waals surface area contributed by atoms with Gasteiger partial charge in [-0.1, -0.05) is 89.8 Å². The van der Waals surface area contributed by atoms with Gasteiger partial charge in [-0.05, 0) is 24.6 Å². The van der Waals surface area contributed by atoms with Crippen LogP contribution in [0.4, 0.5) is 15.9 Å². The zero-order chi connectivity index (χ0) is 23.9. The molecule has 0 radical (unpaired) electrons. The van der Waals surface area contributed by atoms with Gasteiger partial charge in [-0.2, -0.15) is 0 Å². The van der Waals surface area contributed by atoms with Gasteiger partial charge >= 0.3 is 0 Å². The fourth-order valence-corrected chi connectivity index (χ4v) is 2.90. The molecule has 2 heterocycles. The quantitative estimate of drug-likeness (QED) is 0.271. The zero-order valence-electron chi connectivity index (χ0n) is 19.4. The third-order valence-corrected chi connectivity index (χ3v) is 4.71. The van der Waals surface area contributed by atoms with E-state index in [1.807, 2.05) is 13.0 Å². The SMILES string of the molecule is C=Cc1cnc(/C(=C/C(=C)Cl)C(=C)F)nc1Nc1ccncc1C.CCCCCCCC. The minimum Gasteiger partial charge on any atom is -0.339 e. The summed E-state index contributed by atoms with van der Waals surface area (Å²) in [4.78, 5) is 12.6. The predicted octanol–water partition coefficient (Wildman–Crippen LogP) is 8.55. The van der Waals surface area contributed by atoms with Gasteiger partial charge in [0.05, 0.1) is 5.57 Å². The molecule has 32 heavy (non-hydrogen) atoms. The second-order valence-corrected chi connectivity index (χ2v) is 7.83. The van der Waals surface area contributed by atoms with Crippen LogP contribution in [0.2, 0.25) is 0 Å². The van der Waals surface area contributed by atoms with Crippen LogP contribution < -0.4 is 5.32 Å². The van der Waals surface area contributed by atoms with E-state index in [9.17, 15) is 4.39 Å². The van der Waals surface area contributed by atoms with Crippen LogP contribution in [-0.4, -0.2) is 15.0 Å². The van der Waals surface area contributed by atoms with E-state index in [1.165, 1.54) is 44.6 Å². The van der Waals surface area contributed by atoms with Gasteiger partial charge in [0.1, 0.15) is 11.6 Å². The lowest BCUT2D eigenvalue weighted by Crippen LogP contribution is -2.03. The van der Waals surface area contributed by atoms with Crippen LogP contribution in [0.1, 0.15) is 69.3 Å². The maximum absolute atomic E-state index is 13.7. The third-order valence-electron chi connectivity index (χ3n) is 4.60. The fraction of sp³-hybridized carbons (Fsp3) is 0.346. The van der Waals surface area contributed by atoms with E-state index in [4.69, 9.17) is 11.6 Å². The van der Waals surface area contributed by atoms with Crippen molar-refractivity contribution in [1.29, 1.82) is 0 Å². The number of pyridine rings is 1. The monoisotopic (exact) mass is 456 g/mol.